The molecule has 0 spiro atoms. The number of carbonyl (C=O) groups excluding carboxylic acids is 1. The van der Waals surface area contributed by atoms with Crippen molar-refractivity contribution in [2.45, 2.75) is 18.9 Å². The number of aromatic amines is 1. The molecule has 1 aliphatic rings. The number of aromatic nitrogens is 3. The highest BCUT2D eigenvalue weighted by Gasteiger charge is 2.32. The average Bonchev–Trinajstić information content (AvgIpc) is 3.27. The van der Waals surface area contributed by atoms with Crippen LogP contribution in [0.3, 0.4) is 0 Å². The second-order valence-corrected chi connectivity index (χ2v) is 6.03. The first kappa shape index (κ1) is 15.6. The van der Waals surface area contributed by atoms with Crippen LogP contribution in [0.15, 0.2) is 36.5 Å². The van der Waals surface area contributed by atoms with E-state index in [1.54, 1.807) is 29.3 Å². The van der Waals surface area contributed by atoms with Gasteiger partial charge in [0, 0.05) is 24.4 Å². The van der Waals surface area contributed by atoms with Crippen molar-refractivity contribution in [1.29, 1.82) is 0 Å². The summed E-state index contributed by atoms with van der Waals surface area (Å²) < 4.78 is 18.5. The molecule has 1 saturated heterocycles. The minimum absolute atomic E-state index is 0.0881. The van der Waals surface area contributed by atoms with Gasteiger partial charge in [-0.1, -0.05) is 0 Å². The molecule has 1 N–H and O–H groups in total. The predicted octanol–water partition coefficient (Wildman–Crippen LogP) is 3.08. The standard InChI is InChI=1S/C18H17FN4O2/c1-25-16-9-11(6-7-20-16)18(24)23-8-2-3-15(23)17-21-13-5-4-12(19)10-14(13)22-17/h4-7,9-10,15H,2-3,8H2,1H3,(H,21,22)/t15-/m1/s1. The molecule has 6 nitrogen and oxygen atoms in total. The van der Waals surface area contributed by atoms with Gasteiger partial charge < -0.3 is 14.6 Å². The molecule has 25 heavy (non-hydrogen) atoms. The van der Waals surface area contributed by atoms with Crippen molar-refractivity contribution in [2.24, 2.45) is 0 Å². The first-order valence-electron chi connectivity index (χ1n) is 8.12. The first-order chi connectivity index (χ1) is 12.2. The zero-order valence-electron chi connectivity index (χ0n) is 13.7. The van der Waals surface area contributed by atoms with E-state index in [2.05, 4.69) is 15.0 Å². The number of imidazole rings is 1. The molecule has 128 valence electrons. The Hall–Kier alpha value is -2.96. The lowest BCUT2D eigenvalue weighted by Gasteiger charge is -2.23. The van der Waals surface area contributed by atoms with Crippen LogP contribution >= 0.6 is 0 Å². The van der Waals surface area contributed by atoms with Crippen molar-refractivity contribution in [3.05, 3.63) is 53.7 Å². The zero-order valence-corrected chi connectivity index (χ0v) is 13.7. The van der Waals surface area contributed by atoms with E-state index in [1.165, 1.54) is 19.2 Å². The van der Waals surface area contributed by atoms with E-state index < -0.39 is 0 Å². The fourth-order valence-corrected chi connectivity index (χ4v) is 3.27. The van der Waals surface area contributed by atoms with E-state index in [1.807, 2.05) is 0 Å². The van der Waals surface area contributed by atoms with Crippen LogP contribution < -0.4 is 4.74 Å². The number of H-pyrrole nitrogens is 1. The van der Waals surface area contributed by atoms with Crippen LogP contribution in [0.4, 0.5) is 4.39 Å². The summed E-state index contributed by atoms with van der Waals surface area (Å²) in [6.07, 6.45) is 3.27. The van der Waals surface area contributed by atoms with Gasteiger partial charge in [-0.3, -0.25) is 4.79 Å². The summed E-state index contributed by atoms with van der Waals surface area (Å²) in [7, 11) is 1.52. The zero-order chi connectivity index (χ0) is 17.4. The molecule has 1 amide bonds. The maximum absolute atomic E-state index is 13.4. The van der Waals surface area contributed by atoms with Crippen LogP contribution in [0.1, 0.15) is 35.1 Å². The number of halogens is 1. The van der Waals surface area contributed by atoms with Gasteiger partial charge in [-0.25, -0.2) is 14.4 Å². The number of nitrogens with one attached hydrogen (secondary N) is 1. The molecule has 1 aliphatic heterocycles. The molecule has 4 rings (SSSR count). The molecule has 0 bridgehead atoms. The minimum atomic E-state index is -0.314. The van der Waals surface area contributed by atoms with Gasteiger partial charge >= 0.3 is 0 Å². The number of rotatable bonds is 3. The fourth-order valence-electron chi connectivity index (χ4n) is 3.27. The number of likely N-dealkylation sites (tertiary alicyclic amines) is 1. The van der Waals surface area contributed by atoms with Gasteiger partial charge in [-0.15, -0.1) is 0 Å². The van der Waals surface area contributed by atoms with E-state index >= 15 is 0 Å². The number of benzene rings is 1. The third-order valence-corrected chi connectivity index (χ3v) is 4.48. The Labute approximate surface area is 143 Å². The van der Waals surface area contributed by atoms with Gasteiger partial charge in [0.2, 0.25) is 5.88 Å². The molecule has 3 heterocycles. The van der Waals surface area contributed by atoms with Gasteiger partial charge in [-0.05, 0) is 37.1 Å². The van der Waals surface area contributed by atoms with Crippen molar-refractivity contribution in [2.75, 3.05) is 13.7 Å². The van der Waals surface area contributed by atoms with Gasteiger partial charge in [0.05, 0.1) is 24.2 Å². The van der Waals surface area contributed by atoms with Crippen molar-refractivity contribution in [1.82, 2.24) is 19.9 Å². The molecule has 1 atom stereocenters. The highest BCUT2D eigenvalue weighted by atomic mass is 19.1. The third kappa shape index (κ3) is 2.82. The number of ether oxygens (including phenoxy) is 1. The van der Waals surface area contributed by atoms with Crippen molar-refractivity contribution in [3.63, 3.8) is 0 Å². The number of hydrogen-bond donors (Lipinski definition) is 1. The fraction of sp³-hybridized carbons (Fsp3) is 0.278. The summed E-state index contributed by atoms with van der Waals surface area (Å²) in [6.45, 7) is 0.652. The summed E-state index contributed by atoms with van der Waals surface area (Å²) in [4.78, 5) is 26.4. The smallest absolute Gasteiger partial charge is 0.254 e. The van der Waals surface area contributed by atoms with Crippen LogP contribution in [0, 0.1) is 5.82 Å². The summed E-state index contributed by atoms with van der Waals surface area (Å²) in [6, 6.07) is 7.59. The van der Waals surface area contributed by atoms with Crippen molar-refractivity contribution >= 4 is 16.9 Å². The number of hydrogen-bond acceptors (Lipinski definition) is 4. The minimum Gasteiger partial charge on any atom is -0.481 e. The van der Waals surface area contributed by atoms with Gasteiger partial charge in [0.15, 0.2) is 0 Å². The lowest BCUT2D eigenvalue weighted by atomic mass is 10.2. The Morgan fingerprint density at radius 1 is 1.36 bits per heavy atom. The molecular formula is C18H17FN4O2. The number of nitrogens with zero attached hydrogens (tertiary/aromatic N) is 3. The van der Waals surface area contributed by atoms with Crippen LogP contribution in [-0.4, -0.2) is 39.4 Å². The van der Waals surface area contributed by atoms with E-state index in [0.717, 1.165) is 12.8 Å². The third-order valence-electron chi connectivity index (χ3n) is 4.48. The molecular weight excluding hydrogens is 323 g/mol. The molecule has 3 aromatic rings. The molecule has 0 unspecified atom stereocenters. The van der Waals surface area contributed by atoms with E-state index in [0.29, 0.717) is 34.8 Å². The second-order valence-electron chi connectivity index (χ2n) is 6.03. The second kappa shape index (κ2) is 6.16. The molecule has 0 aliphatic carbocycles. The average molecular weight is 340 g/mol. The van der Waals surface area contributed by atoms with Crippen LogP contribution in [-0.2, 0) is 0 Å². The highest BCUT2D eigenvalue weighted by Crippen LogP contribution is 2.33. The molecule has 2 aromatic heterocycles. The summed E-state index contributed by atoms with van der Waals surface area (Å²) in [5.74, 6) is 0.689. The van der Waals surface area contributed by atoms with Gasteiger partial charge in [0.1, 0.15) is 11.6 Å². The molecule has 0 saturated carbocycles. The number of carbonyl (C=O) groups is 1. The van der Waals surface area contributed by atoms with Crippen molar-refractivity contribution < 1.29 is 13.9 Å². The maximum atomic E-state index is 13.4. The predicted molar refractivity (Wildman–Crippen MR) is 89.9 cm³/mol. The number of amides is 1. The SMILES string of the molecule is COc1cc(C(=O)N2CCC[C@@H]2c2nc3ccc(F)cc3[nH]2)ccn1. The van der Waals surface area contributed by atoms with Gasteiger partial charge in [-0.2, -0.15) is 0 Å². The Kier molecular flexibility index (Phi) is 3.83. The summed E-state index contributed by atoms with van der Waals surface area (Å²) >= 11 is 0. The monoisotopic (exact) mass is 340 g/mol. The molecule has 0 radical (unpaired) electrons. The molecule has 1 aromatic carbocycles. The van der Waals surface area contributed by atoms with Crippen LogP contribution in [0.2, 0.25) is 0 Å². The van der Waals surface area contributed by atoms with E-state index in [4.69, 9.17) is 4.74 Å². The first-order valence-corrected chi connectivity index (χ1v) is 8.12. The number of fused-ring (bicyclic) bond motifs is 1. The number of methoxy groups -OCH3 is 1. The van der Waals surface area contributed by atoms with E-state index in [-0.39, 0.29) is 17.8 Å². The van der Waals surface area contributed by atoms with E-state index in [9.17, 15) is 9.18 Å². The normalized spacial score (nSPS) is 17.2. The van der Waals surface area contributed by atoms with Crippen molar-refractivity contribution in [3.8, 4) is 5.88 Å². The van der Waals surface area contributed by atoms with Crippen LogP contribution in [0.25, 0.3) is 11.0 Å². The summed E-state index contributed by atoms with van der Waals surface area (Å²) in [5.41, 5.74) is 1.86. The Bertz CT molecular complexity index is 940. The lowest BCUT2D eigenvalue weighted by Crippen LogP contribution is -2.31. The number of pyridine rings is 1. The quantitative estimate of drug-likeness (QED) is 0.795. The topological polar surface area (TPSA) is 71.1 Å². The Balaban J connectivity index is 1.65. The lowest BCUT2D eigenvalue weighted by molar-refractivity contribution is 0.0730. The highest BCUT2D eigenvalue weighted by molar-refractivity contribution is 5.95. The maximum Gasteiger partial charge on any atom is 0.254 e. The molecule has 7 heteroatoms. The molecule has 1 fully saturated rings. The summed E-state index contributed by atoms with van der Waals surface area (Å²) in [5, 5.41) is 0. The largest absolute Gasteiger partial charge is 0.481 e. The van der Waals surface area contributed by atoms with Crippen LogP contribution in [0.5, 0.6) is 5.88 Å². The van der Waals surface area contributed by atoms with Gasteiger partial charge in [0.25, 0.3) is 5.91 Å². The Morgan fingerprint density at radius 3 is 3.08 bits per heavy atom. The Morgan fingerprint density at radius 2 is 2.24 bits per heavy atom.